The molecule has 3 nitrogen and oxygen atoms in total. The molecule has 2 atom stereocenters. The Labute approximate surface area is 114 Å². The minimum absolute atomic E-state index is 0.421. The first-order chi connectivity index (χ1) is 8.54. The number of nitrogens with one attached hydrogen (secondary N) is 1. The van der Waals surface area contributed by atoms with Crippen molar-refractivity contribution in [2.45, 2.75) is 47.1 Å². The summed E-state index contributed by atoms with van der Waals surface area (Å²) in [5, 5.41) is 3.52. The minimum atomic E-state index is 0.421. The van der Waals surface area contributed by atoms with Crippen LogP contribution in [0.3, 0.4) is 0 Å². The Morgan fingerprint density at radius 3 is 2.44 bits per heavy atom. The molecular weight excluding hydrogens is 222 g/mol. The molecule has 108 valence electrons. The molecule has 3 heteroatoms. The van der Waals surface area contributed by atoms with Gasteiger partial charge in [0.2, 0.25) is 0 Å². The van der Waals surface area contributed by atoms with Crippen molar-refractivity contribution in [2.75, 3.05) is 45.8 Å². The van der Waals surface area contributed by atoms with Crippen LogP contribution in [0, 0.1) is 5.41 Å². The van der Waals surface area contributed by atoms with Gasteiger partial charge in [0.1, 0.15) is 0 Å². The van der Waals surface area contributed by atoms with Crippen LogP contribution in [0.2, 0.25) is 0 Å². The maximum Gasteiger partial charge on any atom is 0.0195 e. The Morgan fingerprint density at radius 1 is 1.22 bits per heavy atom. The molecule has 1 fully saturated rings. The third-order valence-electron chi connectivity index (χ3n) is 4.52. The van der Waals surface area contributed by atoms with E-state index in [2.05, 4.69) is 49.7 Å². The summed E-state index contributed by atoms with van der Waals surface area (Å²) in [4.78, 5) is 5.25. The highest BCUT2D eigenvalue weighted by Crippen LogP contribution is 2.23. The summed E-state index contributed by atoms with van der Waals surface area (Å²) in [6, 6.07) is 0.712. The molecule has 1 rings (SSSR count). The lowest BCUT2D eigenvalue weighted by Crippen LogP contribution is -2.54. The molecule has 1 saturated heterocycles. The topological polar surface area (TPSA) is 18.5 Å². The molecule has 0 aromatic heterocycles. The summed E-state index contributed by atoms with van der Waals surface area (Å²) < 4.78 is 0. The van der Waals surface area contributed by atoms with E-state index in [1.807, 2.05) is 0 Å². The molecule has 0 aromatic rings. The van der Waals surface area contributed by atoms with E-state index in [1.165, 1.54) is 39.1 Å². The van der Waals surface area contributed by atoms with Gasteiger partial charge in [-0.3, -0.25) is 9.80 Å². The fraction of sp³-hybridized carbons (Fsp3) is 1.00. The van der Waals surface area contributed by atoms with Gasteiger partial charge in [0, 0.05) is 38.8 Å². The van der Waals surface area contributed by atoms with Crippen LogP contribution >= 0.6 is 0 Å². The first kappa shape index (κ1) is 15.9. The van der Waals surface area contributed by atoms with Crippen molar-refractivity contribution in [1.82, 2.24) is 15.1 Å². The predicted molar refractivity (Wildman–Crippen MR) is 80.1 cm³/mol. The molecule has 1 aliphatic rings. The van der Waals surface area contributed by atoms with Crippen molar-refractivity contribution in [3.63, 3.8) is 0 Å². The first-order valence-electron chi connectivity index (χ1n) is 7.71. The van der Waals surface area contributed by atoms with Gasteiger partial charge in [0.15, 0.2) is 0 Å². The largest absolute Gasteiger partial charge is 0.316 e. The number of rotatable bonds is 7. The van der Waals surface area contributed by atoms with Gasteiger partial charge in [0.25, 0.3) is 0 Å². The van der Waals surface area contributed by atoms with Gasteiger partial charge >= 0.3 is 0 Å². The summed E-state index contributed by atoms with van der Waals surface area (Å²) in [5.41, 5.74) is 0.421. The summed E-state index contributed by atoms with van der Waals surface area (Å²) in [6.45, 7) is 19.9. The molecule has 0 saturated carbocycles. The van der Waals surface area contributed by atoms with Gasteiger partial charge in [-0.1, -0.05) is 27.7 Å². The van der Waals surface area contributed by atoms with E-state index < -0.39 is 0 Å². The van der Waals surface area contributed by atoms with Crippen molar-refractivity contribution >= 4 is 0 Å². The van der Waals surface area contributed by atoms with Gasteiger partial charge in [0.05, 0.1) is 0 Å². The fourth-order valence-electron chi connectivity index (χ4n) is 2.94. The first-order valence-corrected chi connectivity index (χ1v) is 7.71. The zero-order chi connectivity index (χ0) is 13.6. The smallest absolute Gasteiger partial charge is 0.0195 e. The molecule has 0 bridgehead atoms. The Balaban J connectivity index is 2.46. The van der Waals surface area contributed by atoms with Crippen LogP contribution in [-0.4, -0.2) is 61.7 Å². The van der Waals surface area contributed by atoms with E-state index in [9.17, 15) is 0 Å². The average Bonchev–Trinajstić information content (AvgIpc) is 2.37. The summed E-state index contributed by atoms with van der Waals surface area (Å²) in [5.74, 6) is 0. The maximum absolute atomic E-state index is 3.52. The lowest BCUT2D eigenvalue weighted by atomic mass is 9.86. The van der Waals surface area contributed by atoms with Crippen molar-refractivity contribution in [2.24, 2.45) is 5.41 Å². The standard InChI is InChI=1S/C15H33N3/c1-6-15(5,12-16-7-2)13-17-9-10-18(8-3)14(4)11-17/h14,16H,6-13H2,1-5H3. The normalized spacial score (nSPS) is 26.2. The molecule has 2 unspecified atom stereocenters. The molecule has 0 aliphatic carbocycles. The zero-order valence-electron chi connectivity index (χ0n) is 13.1. The van der Waals surface area contributed by atoms with Crippen LogP contribution in [-0.2, 0) is 0 Å². The van der Waals surface area contributed by atoms with Crippen molar-refractivity contribution in [3.8, 4) is 0 Å². The Bertz CT molecular complexity index is 232. The zero-order valence-corrected chi connectivity index (χ0v) is 13.1. The Morgan fingerprint density at radius 2 is 1.94 bits per heavy atom. The Kier molecular flexibility index (Phi) is 6.61. The highest BCUT2D eigenvalue weighted by molar-refractivity contribution is 4.84. The van der Waals surface area contributed by atoms with Crippen LogP contribution in [0.4, 0.5) is 0 Å². The summed E-state index contributed by atoms with van der Waals surface area (Å²) in [6.07, 6.45) is 1.25. The SMILES string of the molecule is CCNCC(C)(CC)CN1CCN(CC)C(C)C1. The van der Waals surface area contributed by atoms with Crippen molar-refractivity contribution in [3.05, 3.63) is 0 Å². The molecule has 0 radical (unpaired) electrons. The quantitative estimate of drug-likeness (QED) is 0.751. The number of hydrogen-bond acceptors (Lipinski definition) is 3. The number of hydrogen-bond donors (Lipinski definition) is 1. The predicted octanol–water partition coefficient (Wildman–Crippen LogP) is 2.04. The van der Waals surface area contributed by atoms with E-state index in [0.29, 0.717) is 11.5 Å². The Hall–Kier alpha value is -0.120. The van der Waals surface area contributed by atoms with E-state index in [1.54, 1.807) is 0 Å². The fourth-order valence-corrected chi connectivity index (χ4v) is 2.94. The van der Waals surface area contributed by atoms with Crippen LogP contribution in [0.25, 0.3) is 0 Å². The van der Waals surface area contributed by atoms with Gasteiger partial charge in [-0.05, 0) is 31.8 Å². The highest BCUT2D eigenvalue weighted by atomic mass is 15.3. The number of likely N-dealkylation sites (N-methyl/N-ethyl adjacent to an activating group) is 1. The lowest BCUT2D eigenvalue weighted by molar-refractivity contribution is 0.0566. The minimum Gasteiger partial charge on any atom is -0.316 e. The van der Waals surface area contributed by atoms with Crippen molar-refractivity contribution < 1.29 is 0 Å². The molecule has 1 N–H and O–H groups in total. The molecule has 18 heavy (non-hydrogen) atoms. The van der Waals surface area contributed by atoms with Gasteiger partial charge < -0.3 is 5.32 Å². The second-order valence-electron chi connectivity index (χ2n) is 6.16. The van der Waals surface area contributed by atoms with Gasteiger partial charge in [-0.25, -0.2) is 0 Å². The molecular formula is C15H33N3. The molecule has 0 amide bonds. The van der Waals surface area contributed by atoms with Crippen LogP contribution < -0.4 is 5.32 Å². The van der Waals surface area contributed by atoms with Gasteiger partial charge in [-0.2, -0.15) is 0 Å². The highest BCUT2D eigenvalue weighted by Gasteiger charge is 2.29. The molecule has 1 heterocycles. The van der Waals surface area contributed by atoms with Crippen molar-refractivity contribution in [1.29, 1.82) is 0 Å². The maximum atomic E-state index is 3.52. The van der Waals surface area contributed by atoms with Gasteiger partial charge in [-0.15, -0.1) is 0 Å². The van der Waals surface area contributed by atoms with E-state index in [-0.39, 0.29) is 0 Å². The van der Waals surface area contributed by atoms with Crippen LogP contribution in [0.5, 0.6) is 0 Å². The number of nitrogens with zero attached hydrogens (tertiary/aromatic N) is 2. The average molecular weight is 255 g/mol. The number of piperazine rings is 1. The third-order valence-corrected chi connectivity index (χ3v) is 4.52. The third kappa shape index (κ3) is 4.52. The van der Waals surface area contributed by atoms with E-state index in [4.69, 9.17) is 0 Å². The van der Waals surface area contributed by atoms with Crippen LogP contribution in [0.1, 0.15) is 41.0 Å². The van der Waals surface area contributed by atoms with Crippen LogP contribution in [0.15, 0.2) is 0 Å². The molecule has 1 aliphatic heterocycles. The summed E-state index contributed by atoms with van der Waals surface area (Å²) in [7, 11) is 0. The summed E-state index contributed by atoms with van der Waals surface area (Å²) >= 11 is 0. The second kappa shape index (κ2) is 7.46. The lowest BCUT2D eigenvalue weighted by Gasteiger charge is -2.43. The second-order valence-corrected chi connectivity index (χ2v) is 6.16. The monoisotopic (exact) mass is 255 g/mol. The molecule has 0 aromatic carbocycles. The van der Waals surface area contributed by atoms with E-state index >= 15 is 0 Å². The molecule has 0 spiro atoms. The van der Waals surface area contributed by atoms with E-state index in [0.717, 1.165) is 13.1 Å².